The van der Waals surface area contributed by atoms with Crippen molar-refractivity contribution in [2.24, 2.45) is 9.98 Å². The van der Waals surface area contributed by atoms with Crippen LogP contribution in [0.25, 0.3) is 0 Å². The average molecular weight is 583 g/mol. The Labute approximate surface area is 264 Å². The van der Waals surface area contributed by atoms with Crippen molar-refractivity contribution < 1.29 is 0 Å². The largest absolute Gasteiger partial charge is 0.321 e. The lowest BCUT2D eigenvalue weighted by Crippen LogP contribution is -2.42. The first-order valence-electron chi connectivity index (χ1n) is 16.0. The summed E-state index contributed by atoms with van der Waals surface area (Å²) in [5, 5.41) is 0. The minimum absolute atomic E-state index is 0.0571. The maximum Gasteiger partial charge on any atom is 0.172 e. The molecule has 0 spiro atoms. The highest BCUT2D eigenvalue weighted by molar-refractivity contribution is 6.50. The second kappa shape index (κ2) is 12.1. The molecule has 226 valence electrons. The van der Waals surface area contributed by atoms with E-state index in [1.807, 2.05) is 0 Å². The Bertz CT molecular complexity index is 1520. The molecule has 2 atom stereocenters. The van der Waals surface area contributed by atoms with Gasteiger partial charge in [0.1, 0.15) is 0 Å². The zero-order valence-corrected chi connectivity index (χ0v) is 27.2. The molecule has 2 unspecified atom stereocenters. The summed E-state index contributed by atoms with van der Waals surface area (Å²) in [6.45, 7) is 15.3. The highest BCUT2D eigenvalue weighted by atomic mass is 15.4. The Hall–Kier alpha value is -4.18. The monoisotopic (exact) mass is 582 g/mol. The molecule has 4 heteroatoms. The Morgan fingerprint density at radius 1 is 0.523 bits per heavy atom. The van der Waals surface area contributed by atoms with Gasteiger partial charge < -0.3 is 9.80 Å². The van der Waals surface area contributed by atoms with Crippen LogP contribution in [-0.2, 0) is 23.7 Å². The van der Waals surface area contributed by atoms with Crippen molar-refractivity contribution in [1.82, 2.24) is 0 Å². The number of nitrogens with zero attached hydrogens (tertiary/aromatic N) is 4. The van der Waals surface area contributed by atoms with Crippen molar-refractivity contribution in [2.75, 3.05) is 22.9 Å². The fourth-order valence-corrected chi connectivity index (χ4v) is 6.25. The van der Waals surface area contributed by atoms with Crippen LogP contribution in [0.4, 0.5) is 11.4 Å². The van der Waals surface area contributed by atoms with Crippen molar-refractivity contribution in [3.63, 3.8) is 0 Å². The van der Waals surface area contributed by atoms with Gasteiger partial charge in [0.25, 0.3) is 0 Å². The van der Waals surface area contributed by atoms with Crippen LogP contribution in [-0.4, -0.2) is 36.8 Å². The Kier molecular flexibility index (Phi) is 8.20. The number of hydrogen-bond donors (Lipinski definition) is 0. The van der Waals surface area contributed by atoms with Crippen molar-refractivity contribution in [3.05, 3.63) is 131 Å². The van der Waals surface area contributed by atoms with Crippen molar-refractivity contribution >= 4 is 23.0 Å². The lowest BCUT2D eigenvalue weighted by molar-refractivity contribution is 0.590. The molecule has 0 radical (unpaired) electrons. The molecule has 0 N–H and O–H groups in total. The maximum absolute atomic E-state index is 5.47. The van der Waals surface area contributed by atoms with Gasteiger partial charge in [0.15, 0.2) is 11.7 Å². The van der Waals surface area contributed by atoms with E-state index in [1.165, 1.54) is 33.6 Å². The molecular formula is C40H46N4. The van der Waals surface area contributed by atoms with E-state index in [2.05, 4.69) is 161 Å². The van der Waals surface area contributed by atoms with E-state index in [0.29, 0.717) is 0 Å². The molecule has 0 fully saturated rings. The summed E-state index contributed by atoms with van der Waals surface area (Å²) in [6.07, 6.45) is 1.81. The van der Waals surface area contributed by atoms with Gasteiger partial charge in [-0.2, -0.15) is 0 Å². The molecule has 0 bridgehead atoms. The van der Waals surface area contributed by atoms with Crippen LogP contribution in [0.3, 0.4) is 0 Å². The normalized spacial score (nSPS) is 18.9. The quantitative estimate of drug-likeness (QED) is 0.218. The van der Waals surface area contributed by atoms with Gasteiger partial charge in [-0.1, -0.05) is 126 Å². The number of aliphatic imine (C=N–C) groups is 2. The maximum atomic E-state index is 5.47. The molecule has 4 aromatic rings. The molecule has 0 saturated carbocycles. The molecule has 4 nitrogen and oxygen atoms in total. The molecule has 4 aromatic carbocycles. The van der Waals surface area contributed by atoms with Gasteiger partial charge >= 0.3 is 0 Å². The summed E-state index contributed by atoms with van der Waals surface area (Å²) in [4.78, 5) is 15.8. The number of anilines is 2. The van der Waals surface area contributed by atoms with Gasteiger partial charge in [-0.3, -0.25) is 9.98 Å². The average Bonchev–Trinajstić information content (AvgIpc) is 3.62. The molecule has 44 heavy (non-hydrogen) atoms. The molecule has 0 aromatic heterocycles. The summed E-state index contributed by atoms with van der Waals surface area (Å²) in [7, 11) is 0. The minimum atomic E-state index is 0.0571. The van der Waals surface area contributed by atoms with Gasteiger partial charge in [0.2, 0.25) is 0 Å². The first-order chi connectivity index (χ1) is 21.0. The van der Waals surface area contributed by atoms with Crippen LogP contribution < -0.4 is 9.80 Å². The van der Waals surface area contributed by atoms with Gasteiger partial charge in [-0.05, 0) is 70.2 Å². The molecule has 2 aliphatic heterocycles. The van der Waals surface area contributed by atoms with E-state index < -0.39 is 0 Å². The number of rotatable bonds is 7. The molecule has 2 heterocycles. The van der Waals surface area contributed by atoms with E-state index in [0.717, 1.165) is 37.6 Å². The molecule has 2 aliphatic rings. The van der Waals surface area contributed by atoms with E-state index >= 15 is 0 Å². The van der Waals surface area contributed by atoms with E-state index in [-0.39, 0.29) is 22.9 Å². The molecule has 0 saturated heterocycles. The summed E-state index contributed by atoms with van der Waals surface area (Å²) < 4.78 is 0. The van der Waals surface area contributed by atoms with Gasteiger partial charge in [0, 0.05) is 24.5 Å². The predicted octanol–water partition coefficient (Wildman–Crippen LogP) is 8.64. The van der Waals surface area contributed by atoms with Crippen molar-refractivity contribution in [2.45, 2.75) is 77.3 Å². The predicted molar refractivity (Wildman–Crippen MR) is 188 cm³/mol. The van der Waals surface area contributed by atoms with E-state index in [9.17, 15) is 0 Å². The first-order valence-corrected chi connectivity index (χ1v) is 16.0. The number of benzene rings is 4. The third-order valence-corrected chi connectivity index (χ3v) is 8.78. The lowest BCUT2D eigenvalue weighted by atomic mass is 9.87. The second-order valence-corrected chi connectivity index (χ2v) is 14.4. The third-order valence-electron chi connectivity index (χ3n) is 8.78. The number of hydrogen-bond acceptors (Lipinski definition) is 4. The standard InChI is InChI=1S/C40H46N4/c1-39(2,3)31-19-13-21-35(25-31)43-27-33(23-29-15-9-7-10-16-29)41-37(43)38-42-34(24-30-17-11-8-12-18-30)28-44(38)36-22-14-20-32(26-36)40(4,5)6/h7-22,25-26,33-34H,23-24,27-28H2,1-6H3. The zero-order chi connectivity index (χ0) is 30.9. The van der Waals surface area contributed by atoms with Gasteiger partial charge in [-0.25, -0.2) is 0 Å². The second-order valence-electron chi connectivity index (χ2n) is 14.4. The van der Waals surface area contributed by atoms with Gasteiger partial charge in [0.05, 0.1) is 12.1 Å². The molecule has 0 aliphatic carbocycles. The van der Waals surface area contributed by atoms with Gasteiger partial charge in [-0.15, -0.1) is 0 Å². The highest BCUT2D eigenvalue weighted by Gasteiger charge is 2.37. The third kappa shape index (κ3) is 6.65. The van der Waals surface area contributed by atoms with Crippen LogP contribution in [0.2, 0.25) is 0 Å². The van der Waals surface area contributed by atoms with Crippen molar-refractivity contribution in [1.29, 1.82) is 0 Å². The van der Waals surface area contributed by atoms with E-state index in [1.54, 1.807) is 0 Å². The van der Waals surface area contributed by atoms with Crippen molar-refractivity contribution in [3.8, 4) is 0 Å². The van der Waals surface area contributed by atoms with Crippen LogP contribution in [0.15, 0.2) is 119 Å². The Balaban J connectivity index is 1.43. The van der Waals surface area contributed by atoms with Crippen LogP contribution in [0, 0.1) is 0 Å². The smallest absolute Gasteiger partial charge is 0.172 e. The topological polar surface area (TPSA) is 31.2 Å². The summed E-state index contributed by atoms with van der Waals surface area (Å²) in [5.74, 6) is 1.96. The fourth-order valence-electron chi connectivity index (χ4n) is 6.25. The lowest BCUT2D eigenvalue weighted by Gasteiger charge is -2.29. The zero-order valence-electron chi connectivity index (χ0n) is 27.2. The fraction of sp³-hybridized carbons (Fsp3) is 0.350. The molecule has 6 rings (SSSR count). The molecule has 0 amide bonds. The van der Waals surface area contributed by atoms with Crippen LogP contribution >= 0.6 is 0 Å². The minimum Gasteiger partial charge on any atom is -0.321 e. The highest BCUT2D eigenvalue weighted by Crippen LogP contribution is 2.33. The Morgan fingerprint density at radius 2 is 0.909 bits per heavy atom. The SMILES string of the molecule is CC(C)(C)c1cccc(N2CC(Cc3ccccc3)N=C2C2=NC(Cc3ccccc3)CN2c2cccc(C(C)(C)C)c2)c1. The Morgan fingerprint density at radius 3 is 1.27 bits per heavy atom. The summed E-state index contributed by atoms with van der Waals surface area (Å²) in [6, 6.07) is 39.8. The summed E-state index contributed by atoms with van der Waals surface area (Å²) in [5.41, 5.74) is 7.76. The van der Waals surface area contributed by atoms with Crippen LogP contribution in [0.1, 0.15) is 63.8 Å². The first kappa shape index (κ1) is 29.9. The van der Waals surface area contributed by atoms with Crippen LogP contribution in [0.5, 0.6) is 0 Å². The molecular weight excluding hydrogens is 536 g/mol. The number of amidine groups is 2. The van der Waals surface area contributed by atoms with E-state index in [4.69, 9.17) is 9.98 Å². The summed E-state index contributed by atoms with van der Waals surface area (Å²) >= 11 is 0.